The van der Waals surface area contributed by atoms with Crippen LogP contribution in [0.15, 0.2) is 52.9 Å². The standard InChI is InChI=1S/C21H22N4O4/c1-14-4-3-5-17(12-14)21-25-24-20(29-21)16-8-6-15(7-9-16)19(27)23-13-18(26)22-10-11-28-2/h3-9,12H,10-11,13H2,1-2H3,(H,22,26)(H,23,27). The van der Waals surface area contributed by atoms with Crippen molar-refractivity contribution in [1.82, 2.24) is 20.8 Å². The van der Waals surface area contributed by atoms with Gasteiger partial charge in [0.15, 0.2) is 0 Å². The van der Waals surface area contributed by atoms with Gasteiger partial charge in [0.1, 0.15) is 0 Å². The van der Waals surface area contributed by atoms with E-state index < -0.39 is 0 Å². The number of methoxy groups -OCH3 is 1. The van der Waals surface area contributed by atoms with Gasteiger partial charge in [-0.2, -0.15) is 0 Å². The molecular formula is C21H22N4O4. The molecule has 3 aromatic rings. The zero-order valence-corrected chi connectivity index (χ0v) is 16.3. The zero-order valence-electron chi connectivity index (χ0n) is 16.3. The molecule has 0 aliphatic carbocycles. The second-order valence-electron chi connectivity index (χ2n) is 6.38. The number of aromatic nitrogens is 2. The Morgan fingerprint density at radius 3 is 2.41 bits per heavy atom. The van der Waals surface area contributed by atoms with Crippen LogP contribution in [0.4, 0.5) is 0 Å². The zero-order chi connectivity index (χ0) is 20.6. The van der Waals surface area contributed by atoms with Crippen LogP contribution in [0.25, 0.3) is 22.9 Å². The van der Waals surface area contributed by atoms with E-state index >= 15 is 0 Å². The number of carbonyl (C=O) groups excluding carboxylic acids is 2. The van der Waals surface area contributed by atoms with Crippen molar-refractivity contribution >= 4 is 11.8 Å². The fourth-order valence-corrected chi connectivity index (χ4v) is 2.62. The van der Waals surface area contributed by atoms with E-state index in [1.165, 1.54) is 0 Å². The number of rotatable bonds is 8. The lowest BCUT2D eigenvalue weighted by atomic mass is 10.1. The maximum atomic E-state index is 12.2. The predicted molar refractivity (Wildman–Crippen MR) is 107 cm³/mol. The number of hydrogen-bond donors (Lipinski definition) is 2. The van der Waals surface area contributed by atoms with Crippen molar-refractivity contribution in [3.8, 4) is 22.9 Å². The van der Waals surface area contributed by atoms with Crippen molar-refractivity contribution in [3.05, 3.63) is 59.7 Å². The molecular weight excluding hydrogens is 372 g/mol. The summed E-state index contributed by atoms with van der Waals surface area (Å²) in [6, 6.07) is 14.5. The third-order valence-corrected chi connectivity index (χ3v) is 4.12. The molecule has 150 valence electrons. The van der Waals surface area contributed by atoms with Gasteiger partial charge in [-0.1, -0.05) is 17.7 Å². The number of amides is 2. The highest BCUT2D eigenvalue weighted by molar-refractivity contribution is 5.96. The lowest BCUT2D eigenvalue weighted by Crippen LogP contribution is -2.38. The molecule has 29 heavy (non-hydrogen) atoms. The summed E-state index contributed by atoms with van der Waals surface area (Å²) < 4.78 is 10.6. The first-order chi connectivity index (χ1) is 14.1. The number of benzene rings is 2. The predicted octanol–water partition coefficient (Wildman–Crippen LogP) is 2.20. The molecule has 8 heteroatoms. The van der Waals surface area contributed by atoms with Crippen LogP contribution < -0.4 is 10.6 Å². The number of nitrogens with zero attached hydrogens (tertiary/aromatic N) is 2. The van der Waals surface area contributed by atoms with Crippen LogP contribution in [0.2, 0.25) is 0 Å². The minimum atomic E-state index is -0.343. The molecule has 0 spiro atoms. The average molecular weight is 394 g/mol. The third-order valence-electron chi connectivity index (χ3n) is 4.12. The molecule has 0 atom stereocenters. The van der Waals surface area contributed by atoms with Gasteiger partial charge in [-0.05, 0) is 43.3 Å². The first-order valence-electron chi connectivity index (χ1n) is 9.11. The van der Waals surface area contributed by atoms with Gasteiger partial charge in [0, 0.05) is 30.3 Å². The smallest absolute Gasteiger partial charge is 0.251 e. The Labute approximate surface area is 168 Å². The molecule has 0 radical (unpaired) electrons. The molecule has 0 saturated heterocycles. The fourth-order valence-electron chi connectivity index (χ4n) is 2.62. The van der Waals surface area contributed by atoms with E-state index in [-0.39, 0.29) is 18.4 Å². The normalized spacial score (nSPS) is 10.6. The van der Waals surface area contributed by atoms with E-state index in [0.29, 0.717) is 36.1 Å². The summed E-state index contributed by atoms with van der Waals surface area (Å²) in [5.74, 6) is 0.182. The van der Waals surface area contributed by atoms with E-state index in [1.54, 1.807) is 31.4 Å². The maximum absolute atomic E-state index is 12.2. The quantitative estimate of drug-likeness (QED) is 0.568. The van der Waals surface area contributed by atoms with E-state index in [0.717, 1.165) is 11.1 Å². The van der Waals surface area contributed by atoms with Crippen LogP contribution in [-0.2, 0) is 9.53 Å². The Bertz CT molecular complexity index is 982. The summed E-state index contributed by atoms with van der Waals surface area (Å²) in [6.45, 7) is 2.71. The summed E-state index contributed by atoms with van der Waals surface area (Å²) in [6.07, 6.45) is 0. The molecule has 0 unspecified atom stereocenters. The second kappa shape index (κ2) is 9.61. The molecule has 0 bridgehead atoms. The largest absolute Gasteiger partial charge is 0.416 e. The van der Waals surface area contributed by atoms with E-state index in [9.17, 15) is 9.59 Å². The second-order valence-corrected chi connectivity index (χ2v) is 6.38. The molecule has 1 heterocycles. The van der Waals surface area contributed by atoms with Crippen molar-refractivity contribution in [1.29, 1.82) is 0 Å². The monoisotopic (exact) mass is 394 g/mol. The highest BCUT2D eigenvalue weighted by Crippen LogP contribution is 2.24. The molecule has 2 N–H and O–H groups in total. The van der Waals surface area contributed by atoms with Gasteiger partial charge in [0.2, 0.25) is 17.7 Å². The van der Waals surface area contributed by atoms with E-state index in [1.807, 2.05) is 31.2 Å². The van der Waals surface area contributed by atoms with Gasteiger partial charge < -0.3 is 19.8 Å². The van der Waals surface area contributed by atoms with Crippen molar-refractivity contribution < 1.29 is 18.7 Å². The van der Waals surface area contributed by atoms with Gasteiger partial charge in [-0.25, -0.2) is 0 Å². The first kappa shape index (κ1) is 20.2. The minimum absolute atomic E-state index is 0.103. The number of ether oxygens (including phenoxy) is 1. The summed E-state index contributed by atoms with van der Waals surface area (Å²) >= 11 is 0. The number of nitrogens with one attached hydrogen (secondary N) is 2. The van der Waals surface area contributed by atoms with E-state index in [2.05, 4.69) is 20.8 Å². The van der Waals surface area contributed by atoms with Crippen molar-refractivity contribution in [2.45, 2.75) is 6.92 Å². The molecule has 8 nitrogen and oxygen atoms in total. The van der Waals surface area contributed by atoms with Crippen LogP contribution in [-0.4, -0.2) is 48.8 Å². The average Bonchev–Trinajstić information content (AvgIpc) is 3.23. The lowest BCUT2D eigenvalue weighted by Gasteiger charge is -2.06. The van der Waals surface area contributed by atoms with Crippen LogP contribution in [0, 0.1) is 6.92 Å². The highest BCUT2D eigenvalue weighted by Gasteiger charge is 2.12. The van der Waals surface area contributed by atoms with Crippen LogP contribution in [0.3, 0.4) is 0 Å². The van der Waals surface area contributed by atoms with Crippen LogP contribution in [0.1, 0.15) is 15.9 Å². The molecule has 0 saturated carbocycles. The lowest BCUT2D eigenvalue weighted by molar-refractivity contribution is -0.120. The van der Waals surface area contributed by atoms with Crippen molar-refractivity contribution in [2.75, 3.05) is 26.8 Å². The van der Waals surface area contributed by atoms with Crippen molar-refractivity contribution in [2.24, 2.45) is 0 Å². The Kier molecular flexibility index (Phi) is 6.70. The SMILES string of the molecule is COCCNC(=O)CNC(=O)c1ccc(-c2nnc(-c3cccc(C)c3)o2)cc1. The summed E-state index contributed by atoms with van der Waals surface area (Å²) in [4.78, 5) is 23.8. The highest BCUT2D eigenvalue weighted by atomic mass is 16.5. The van der Waals surface area contributed by atoms with E-state index in [4.69, 9.17) is 9.15 Å². The summed E-state index contributed by atoms with van der Waals surface area (Å²) in [5.41, 5.74) is 3.08. The van der Waals surface area contributed by atoms with Gasteiger partial charge in [0.25, 0.3) is 5.91 Å². The third kappa shape index (κ3) is 5.49. The van der Waals surface area contributed by atoms with Crippen LogP contribution in [0.5, 0.6) is 0 Å². The minimum Gasteiger partial charge on any atom is -0.416 e. The maximum Gasteiger partial charge on any atom is 0.251 e. The number of carbonyl (C=O) groups is 2. The van der Waals surface area contributed by atoms with Crippen molar-refractivity contribution in [3.63, 3.8) is 0 Å². The van der Waals surface area contributed by atoms with Gasteiger partial charge >= 0.3 is 0 Å². The molecule has 0 aliphatic heterocycles. The number of hydrogen-bond acceptors (Lipinski definition) is 6. The Balaban J connectivity index is 1.60. The van der Waals surface area contributed by atoms with Gasteiger partial charge in [-0.15, -0.1) is 10.2 Å². The Hall–Kier alpha value is -3.52. The molecule has 2 amide bonds. The summed E-state index contributed by atoms with van der Waals surface area (Å²) in [5, 5.41) is 13.4. The fraction of sp³-hybridized carbons (Fsp3) is 0.238. The van der Waals surface area contributed by atoms with Gasteiger partial charge in [0.05, 0.1) is 13.2 Å². The Morgan fingerprint density at radius 2 is 1.72 bits per heavy atom. The molecule has 0 aliphatic rings. The molecule has 1 aromatic heterocycles. The first-order valence-corrected chi connectivity index (χ1v) is 9.11. The molecule has 3 rings (SSSR count). The molecule has 0 fully saturated rings. The topological polar surface area (TPSA) is 106 Å². The molecule has 2 aromatic carbocycles. The van der Waals surface area contributed by atoms with Gasteiger partial charge in [-0.3, -0.25) is 9.59 Å². The summed E-state index contributed by atoms with van der Waals surface area (Å²) in [7, 11) is 1.55. The number of aryl methyl sites for hydroxylation is 1. The van der Waals surface area contributed by atoms with Crippen LogP contribution >= 0.6 is 0 Å². The Morgan fingerprint density at radius 1 is 1.00 bits per heavy atom.